The molecule has 22 heavy (non-hydrogen) atoms. The molecule has 2 aliphatic rings. The molecule has 0 saturated carbocycles. The second-order valence-corrected chi connectivity index (χ2v) is 11.4. The Bertz CT molecular complexity index is 704. The molecule has 0 bridgehead atoms. The van der Waals surface area contributed by atoms with E-state index < -0.39 is 21.3 Å². The van der Waals surface area contributed by atoms with Crippen LogP contribution < -0.4 is 24.8 Å². The van der Waals surface area contributed by atoms with E-state index in [-0.39, 0.29) is 24.8 Å². The molecule has 0 unspecified atom stereocenters. The van der Waals surface area contributed by atoms with E-state index in [0.717, 1.165) is 0 Å². The molecule has 0 atom stereocenters. The van der Waals surface area contributed by atoms with Gasteiger partial charge in [0.1, 0.15) is 0 Å². The first-order valence-electron chi connectivity index (χ1n) is 7.08. The van der Waals surface area contributed by atoms with Crippen molar-refractivity contribution < 1.29 is 46.1 Å². The summed E-state index contributed by atoms with van der Waals surface area (Å²) in [7, 11) is 0. The number of rotatable bonds is 2. The van der Waals surface area contributed by atoms with E-state index in [4.69, 9.17) is 4.21 Å². The van der Waals surface area contributed by atoms with Gasteiger partial charge in [-0.3, -0.25) is 0 Å². The Morgan fingerprint density at radius 2 is 1.18 bits per heavy atom. The van der Waals surface area contributed by atoms with Crippen LogP contribution in [-0.4, -0.2) is 4.21 Å². The fourth-order valence-electron chi connectivity index (χ4n) is 3.43. The number of allylic oxidation sites excluding steroid dienone is 4. The van der Waals surface area contributed by atoms with Crippen LogP contribution in [-0.2, 0) is 21.3 Å². The zero-order valence-corrected chi connectivity index (χ0v) is 16.0. The number of halogens is 2. The molecule has 0 saturated heterocycles. The molecule has 0 nitrogen and oxygen atoms in total. The van der Waals surface area contributed by atoms with Crippen LogP contribution in [0.1, 0.15) is 14.8 Å². The maximum atomic E-state index is 4.69. The molecular formula is C19H16Cl2Zr. The molecule has 0 fully saturated rings. The van der Waals surface area contributed by atoms with Crippen molar-refractivity contribution in [2.24, 2.45) is 0 Å². The van der Waals surface area contributed by atoms with Gasteiger partial charge in [-0.2, -0.15) is 0 Å². The molecule has 2 aromatic carbocycles. The molecule has 3 heteroatoms. The summed E-state index contributed by atoms with van der Waals surface area (Å²) >= 11 is -1.85. The zero-order valence-electron chi connectivity index (χ0n) is 12.0. The summed E-state index contributed by atoms with van der Waals surface area (Å²) in [4.78, 5) is 0. The summed E-state index contributed by atoms with van der Waals surface area (Å²) in [5, 5.41) is 0. The predicted molar refractivity (Wildman–Crippen MR) is 82.9 cm³/mol. The Balaban J connectivity index is 0.000000882. The smallest absolute Gasteiger partial charge is 1.00 e. The molecule has 0 aromatic heterocycles. The number of benzene rings is 2. The fourth-order valence-corrected chi connectivity index (χ4v) is 9.34. The Hall–Kier alpha value is -0.747. The first kappa shape index (κ1) is 17.6. The van der Waals surface area contributed by atoms with E-state index >= 15 is 0 Å². The van der Waals surface area contributed by atoms with E-state index in [2.05, 4.69) is 72.8 Å². The van der Waals surface area contributed by atoms with Crippen molar-refractivity contribution in [3.8, 4) is 11.1 Å². The van der Waals surface area contributed by atoms with Crippen LogP contribution >= 0.6 is 0 Å². The van der Waals surface area contributed by atoms with Gasteiger partial charge < -0.3 is 24.8 Å². The van der Waals surface area contributed by atoms with Crippen LogP contribution in [0.15, 0.2) is 72.8 Å². The Kier molecular flexibility index (Phi) is 5.78. The molecule has 4 rings (SSSR count). The molecular weight excluding hydrogens is 390 g/mol. The van der Waals surface area contributed by atoms with Crippen molar-refractivity contribution in [2.45, 2.75) is 7.25 Å². The Morgan fingerprint density at radius 3 is 1.68 bits per heavy atom. The van der Waals surface area contributed by atoms with E-state index in [1.165, 1.54) is 22.3 Å². The van der Waals surface area contributed by atoms with Gasteiger partial charge in [0.05, 0.1) is 0 Å². The minimum Gasteiger partial charge on any atom is -1.00 e. The van der Waals surface area contributed by atoms with Gasteiger partial charge in [0.15, 0.2) is 0 Å². The topological polar surface area (TPSA) is 0 Å². The van der Waals surface area contributed by atoms with E-state index in [1.54, 1.807) is 0 Å². The van der Waals surface area contributed by atoms with Gasteiger partial charge in [0.25, 0.3) is 0 Å². The maximum Gasteiger partial charge on any atom is -1.00 e. The quantitative estimate of drug-likeness (QED) is 0.584. The molecule has 0 spiro atoms. The molecule has 0 radical (unpaired) electrons. The van der Waals surface area contributed by atoms with Crippen molar-refractivity contribution in [2.75, 3.05) is 0 Å². The Labute approximate surface area is 151 Å². The predicted octanol–water partition coefficient (Wildman–Crippen LogP) is -1.27. The maximum absolute atomic E-state index is 4.69. The van der Waals surface area contributed by atoms with Crippen LogP contribution in [0.3, 0.4) is 0 Å². The summed E-state index contributed by atoms with van der Waals surface area (Å²) in [5.74, 6) is 0. The van der Waals surface area contributed by atoms with Gasteiger partial charge in [0, 0.05) is 0 Å². The molecule has 0 amide bonds. The molecule has 2 aliphatic carbocycles. The van der Waals surface area contributed by atoms with Crippen LogP contribution in [0.5, 0.6) is 0 Å². The first-order valence-corrected chi connectivity index (χ1v) is 11.7. The molecule has 2 aromatic rings. The average molecular weight is 406 g/mol. The molecule has 0 heterocycles. The van der Waals surface area contributed by atoms with Gasteiger partial charge in [-0.05, 0) is 0 Å². The second kappa shape index (κ2) is 7.22. The largest absolute Gasteiger partial charge is 1.00 e. The van der Waals surface area contributed by atoms with E-state index in [9.17, 15) is 0 Å². The standard InChI is InChI=1S/C13H9.C5H5.CH2.2ClH.Zr/c1-3-7-12-10(5-1)9-11-6-2-4-8-13(11)12;1-2-4-5-3-1;;;;/h1-9H;1-5H;1H2;2*1H;/q;;;;;+2/p-2. The first-order chi connectivity index (χ1) is 9.86. The third kappa shape index (κ3) is 2.76. The van der Waals surface area contributed by atoms with Crippen molar-refractivity contribution in [1.82, 2.24) is 0 Å². The van der Waals surface area contributed by atoms with Crippen molar-refractivity contribution in [3.05, 3.63) is 84.0 Å². The van der Waals surface area contributed by atoms with Crippen LogP contribution in [0.2, 0.25) is 3.63 Å². The summed E-state index contributed by atoms with van der Waals surface area (Å²) in [5.41, 5.74) is 5.90. The minimum atomic E-state index is -1.85. The summed E-state index contributed by atoms with van der Waals surface area (Å²) < 4.78 is 5.93. The molecule has 0 aliphatic heterocycles. The van der Waals surface area contributed by atoms with Gasteiger partial charge in [-0.1, -0.05) is 0 Å². The SMILES string of the molecule is [CH2]=[Zr+2]([CH]1C=CC=C1)[CH]1c2ccccc2-c2ccccc21.[Cl-].[Cl-]. The zero-order chi connectivity index (χ0) is 13.5. The Morgan fingerprint density at radius 1 is 0.727 bits per heavy atom. The third-order valence-electron chi connectivity index (χ3n) is 4.38. The van der Waals surface area contributed by atoms with Crippen LogP contribution in [0.25, 0.3) is 11.1 Å². The van der Waals surface area contributed by atoms with E-state index in [1.807, 2.05) is 0 Å². The van der Waals surface area contributed by atoms with Gasteiger partial charge in [-0.25, -0.2) is 0 Å². The van der Waals surface area contributed by atoms with Crippen LogP contribution in [0, 0.1) is 0 Å². The van der Waals surface area contributed by atoms with Crippen molar-refractivity contribution in [1.29, 1.82) is 0 Å². The van der Waals surface area contributed by atoms with Crippen LogP contribution in [0.4, 0.5) is 0 Å². The van der Waals surface area contributed by atoms with Crippen molar-refractivity contribution in [3.63, 3.8) is 0 Å². The summed E-state index contributed by atoms with van der Waals surface area (Å²) in [6, 6.07) is 17.8. The van der Waals surface area contributed by atoms with Crippen molar-refractivity contribution >= 4 is 4.21 Å². The van der Waals surface area contributed by atoms with E-state index in [0.29, 0.717) is 7.25 Å². The number of fused-ring (bicyclic) bond motifs is 3. The number of hydrogen-bond donors (Lipinski definition) is 0. The monoisotopic (exact) mass is 404 g/mol. The molecule has 0 N–H and O–H groups in total. The second-order valence-electron chi connectivity index (χ2n) is 5.48. The fraction of sp³-hybridized carbons (Fsp3) is 0.105. The van der Waals surface area contributed by atoms with Gasteiger partial charge in [0.2, 0.25) is 0 Å². The summed E-state index contributed by atoms with van der Waals surface area (Å²) in [6.07, 6.45) is 9.07. The third-order valence-corrected chi connectivity index (χ3v) is 10.8. The minimum absolute atomic E-state index is 0. The normalized spacial score (nSPS) is 14.5. The average Bonchev–Trinajstić information content (AvgIpc) is 3.13. The molecule has 110 valence electrons. The van der Waals surface area contributed by atoms with Gasteiger partial charge in [-0.15, -0.1) is 0 Å². The summed E-state index contributed by atoms with van der Waals surface area (Å²) in [6.45, 7) is 0. The number of hydrogen-bond acceptors (Lipinski definition) is 0. The van der Waals surface area contributed by atoms with Gasteiger partial charge >= 0.3 is 128 Å².